The quantitative estimate of drug-likeness (QED) is 0.421. The van der Waals surface area contributed by atoms with E-state index >= 15 is 0 Å². The van der Waals surface area contributed by atoms with Gasteiger partial charge in [-0.05, 0) is 48.4 Å². The van der Waals surface area contributed by atoms with Gasteiger partial charge in [-0.15, -0.1) is 0 Å². The molecule has 7 nitrogen and oxygen atoms in total. The van der Waals surface area contributed by atoms with E-state index in [1.807, 2.05) is 13.0 Å². The average molecular weight is 485 g/mol. The molecule has 1 aliphatic heterocycles. The zero-order valence-corrected chi connectivity index (χ0v) is 20.3. The van der Waals surface area contributed by atoms with Crippen LogP contribution in [-0.2, 0) is 13.1 Å². The maximum atomic E-state index is 14.2. The first-order valence-corrected chi connectivity index (χ1v) is 11.6. The Morgan fingerprint density at radius 3 is 2.72 bits per heavy atom. The van der Waals surface area contributed by atoms with Crippen molar-refractivity contribution in [3.8, 4) is 23.1 Å². The van der Waals surface area contributed by atoms with Gasteiger partial charge in [0.05, 0.1) is 35.9 Å². The summed E-state index contributed by atoms with van der Waals surface area (Å²) in [5.74, 6) is -0.781. The Bertz CT molecular complexity index is 1430. The minimum atomic E-state index is -0.586. The second kappa shape index (κ2) is 10.5. The number of fused-ring (bicyclic) bond motifs is 1. The number of amides is 1. The Hall–Kier alpha value is -4.38. The van der Waals surface area contributed by atoms with Crippen LogP contribution in [0.25, 0.3) is 11.3 Å². The smallest absolute Gasteiger partial charge is 0.255 e. The summed E-state index contributed by atoms with van der Waals surface area (Å²) in [7, 11) is 1.69. The molecule has 0 saturated heterocycles. The molecule has 36 heavy (non-hydrogen) atoms. The van der Waals surface area contributed by atoms with Gasteiger partial charge in [0.1, 0.15) is 17.3 Å². The van der Waals surface area contributed by atoms with Crippen molar-refractivity contribution in [1.29, 1.82) is 5.26 Å². The van der Waals surface area contributed by atoms with Gasteiger partial charge < -0.3 is 9.64 Å². The number of nitrogens with zero attached hydrogens (tertiary/aromatic N) is 4. The summed E-state index contributed by atoms with van der Waals surface area (Å²) in [5.41, 5.74) is 4.52. The van der Waals surface area contributed by atoms with E-state index in [9.17, 15) is 19.2 Å². The van der Waals surface area contributed by atoms with Crippen LogP contribution in [0.3, 0.4) is 0 Å². The number of ether oxygens (including phenoxy) is 1. The van der Waals surface area contributed by atoms with E-state index in [1.165, 1.54) is 24.4 Å². The second-order valence-corrected chi connectivity index (χ2v) is 8.38. The fourth-order valence-electron chi connectivity index (χ4n) is 4.19. The minimum absolute atomic E-state index is 0.00179. The third-order valence-electron chi connectivity index (χ3n) is 6.06. The molecule has 4 rings (SSSR count). The van der Waals surface area contributed by atoms with Crippen molar-refractivity contribution >= 4 is 17.9 Å². The van der Waals surface area contributed by atoms with Crippen molar-refractivity contribution in [2.24, 2.45) is 4.99 Å². The van der Waals surface area contributed by atoms with Crippen LogP contribution in [0.5, 0.6) is 5.75 Å². The van der Waals surface area contributed by atoms with Gasteiger partial charge in [-0.1, -0.05) is 13.0 Å². The van der Waals surface area contributed by atoms with Crippen LogP contribution in [0.1, 0.15) is 63.2 Å². The van der Waals surface area contributed by atoms with E-state index < -0.39 is 5.82 Å². The largest absolute Gasteiger partial charge is 0.492 e. The number of nitriles is 1. The van der Waals surface area contributed by atoms with Crippen molar-refractivity contribution in [3.63, 3.8) is 0 Å². The number of benzene rings is 2. The summed E-state index contributed by atoms with van der Waals surface area (Å²) in [5, 5.41) is 9.32. The van der Waals surface area contributed by atoms with E-state index in [0.29, 0.717) is 47.8 Å². The molecule has 0 saturated carbocycles. The number of halogens is 1. The topological polar surface area (TPSA) is 95.7 Å². The summed E-state index contributed by atoms with van der Waals surface area (Å²) >= 11 is 0. The van der Waals surface area contributed by atoms with E-state index in [0.717, 1.165) is 16.7 Å². The molecule has 1 aromatic heterocycles. The molecule has 1 aliphatic rings. The fraction of sp³-hybridized carbons (Fsp3) is 0.250. The number of aromatic nitrogens is 1. The zero-order chi connectivity index (χ0) is 25.8. The molecule has 2 aromatic carbocycles. The molecular weight excluding hydrogens is 459 g/mol. The first-order chi connectivity index (χ1) is 17.4. The van der Waals surface area contributed by atoms with Gasteiger partial charge in [0, 0.05) is 43.6 Å². The van der Waals surface area contributed by atoms with E-state index in [4.69, 9.17) is 4.74 Å². The number of pyridine rings is 1. The standard InChI is InChI=1S/C28H25FN4O3/c1-4-25(34)21-10-17(8-9-24(21)29)27-26(36-5-2)11-20(13-32-27)28(35)33(3)16-19-7-6-18(12-30)22-14-31-15-23(19)22/h6-11,13-14H,4-5,15-16H2,1-3H3. The number of rotatable bonds is 8. The zero-order valence-electron chi connectivity index (χ0n) is 20.3. The molecule has 1 amide bonds. The van der Waals surface area contributed by atoms with Gasteiger partial charge in [-0.2, -0.15) is 5.26 Å². The Morgan fingerprint density at radius 1 is 1.19 bits per heavy atom. The molecule has 0 fully saturated rings. The van der Waals surface area contributed by atoms with Crippen LogP contribution in [0.4, 0.5) is 4.39 Å². The van der Waals surface area contributed by atoms with Crippen LogP contribution in [0.2, 0.25) is 0 Å². The minimum Gasteiger partial charge on any atom is -0.492 e. The summed E-state index contributed by atoms with van der Waals surface area (Å²) in [6, 6.07) is 11.6. The lowest BCUT2D eigenvalue weighted by atomic mass is 9.98. The van der Waals surface area contributed by atoms with Crippen molar-refractivity contribution in [3.05, 3.63) is 81.8 Å². The molecule has 0 bridgehead atoms. The molecule has 8 heteroatoms. The van der Waals surface area contributed by atoms with Crippen LogP contribution in [-0.4, -0.2) is 41.4 Å². The maximum absolute atomic E-state index is 14.2. The van der Waals surface area contributed by atoms with Gasteiger partial charge in [0.25, 0.3) is 5.91 Å². The molecule has 3 aromatic rings. The van der Waals surface area contributed by atoms with Crippen molar-refractivity contribution in [2.45, 2.75) is 33.4 Å². The number of carbonyl (C=O) groups excluding carboxylic acids is 2. The summed E-state index contributed by atoms with van der Waals surface area (Å²) in [4.78, 5) is 35.7. The lowest BCUT2D eigenvalue weighted by Gasteiger charge is -2.20. The van der Waals surface area contributed by atoms with Gasteiger partial charge in [-0.3, -0.25) is 19.6 Å². The van der Waals surface area contributed by atoms with Crippen LogP contribution >= 0.6 is 0 Å². The molecule has 182 valence electrons. The number of Topliss-reactive ketones (excluding diaryl/α,β-unsaturated/α-hetero) is 1. The monoisotopic (exact) mass is 484 g/mol. The Balaban J connectivity index is 1.62. The molecule has 0 N–H and O–H groups in total. The second-order valence-electron chi connectivity index (χ2n) is 8.38. The molecule has 0 atom stereocenters. The van der Waals surface area contributed by atoms with Gasteiger partial charge in [0.15, 0.2) is 5.78 Å². The van der Waals surface area contributed by atoms with Crippen LogP contribution in [0.15, 0.2) is 47.6 Å². The van der Waals surface area contributed by atoms with Crippen LogP contribution < -0.4 is 4.74 Å². The number of aliphatic imine (C=N–C) groups is 1. The highest BCUT2D eigenvalue weighted by atomic mass is 19.1. The first-order valence-electron chi connectivity index (χ1n) is 11.6. The van der Waals surface area contributed by atoms with E-state index in [1.54, 1.807) is 37.2 Å². The molecule has 0 radical (unpaired) electrons. The Labute approximate surface area is 208 Å². The Morgan fingerprint density at radius 2 is 2.00 bits per heavy atom. The third-order valence-corrected chi connectivity index (χ3v) is 6.06. The lowest BCUT2D eigenvalue weighted by molar-refractivity contribution is 0.0783. The highest BCUT2D eigenvalue weighted by Crippen LogP contribution is 2.31. The SMILES string of the molecule is CCOc1cc(C(=O)N(C)Cc2ccc(C#N)c3c2CN=C3)cnc1-c1ccc(F)c(C(=O)CC)c1. The predicted molar refractivity (Wildman–Crippen MR) is 134 cm³/mol. The number of carbonyl (C=O) groups is 2. The normalized spacial score (nSPS) is 11.6. The summed E-state index contributed by atoms with van der Waals surface area (Å²) in [6.07, 6.45) is 3.33. The Kier molecular flexibility index (Phi) is 7.20. The molecule has 2 heterocycles. The molecular formula is C28H25FN4O3. The predicted octanol–water partition coefficient (Wildman–Crippen LogP) is 4.96. The van der Waals surface area contributed by atoms with Crippen LogP contribution in [0, 0.1) is 17.1 Å². The first kappa shape index (κ1) is 24.7. The lowest BCUT2D eigenvalue weighted by Crippen LogP contribution is -2.27. The number of hydrogen-bond acceptors (Lipinski definition) is 6. The van der Waals surface area contributed by atoms with E-state index in [-0.39, 0.29) is 23.7 Å². The fourth-order valence-corrected chi connectivity index (χ4v) is 4.19. The van der Waals surface area contributed by atoms with Crippen molar-refractivity contribution < 1.29 is 18.7 Å². The van der Waals surface area contributed by atoms with Gasteiger partial charge in [-0.25, -0.2) is 4.39 Å². The highest BCUT2D eigenvalue weighted by Gasteiger charge is 2.21. The van der Waals surface area contributed by atoms with Crippen molar-refractivity contribution in [2.75, 3.05) is 13.7 Å². The highest BCUT2D eigenvalue weighted by molar-refractivity contribution is 5.98. The number of ketones is 1. The molecule has 0 spiro atoms. The van der Waals surface area contributed by atoms with E-state index in [2.05, 4.69) is 16.0 Å². The van der Waals surface area contributed by atoms with Gasteiger partial charge in [0.2, 0.25) is 0 Å². The van der Waals surface area contributed by atoms with Crippen molar-refractivity contribution in [1.82, 2.24) is 9.88 Å². The maximum Gasteiger partial charge on any atom is 0.255 e. The number of hydrogen-bond donors (Lipinski definition) is 0. The third kappa shape index (κ3) is 4.73. The summed E-state index contributed by atoms with van der Waals surface area (Å²) < 4.78 is 20.0. The summed E-state index contributed by atoms with van der Waals surface area (Å²) in [6.45, 7) is 4.64. The molecule has 0 unspecified atom stereocenters. The van der Waals surface area contributed by atoms with Gasteiger partial charge >= 0.3 is 0 Å². The molecule has 0 aliphatic carbocycles. The average Bonchev–Trinajstić information content (AvgIpc) is 3.39.